The third-order valence-electron chi connectivity index (χ3n) is 0.673. The van der Waals surface area contributed by atoms with Gasteiger partial charge in [0.1, 0.15) is 0 Å². The first kappa shape index (κ1) is 6.22. The molecule has 1 aromatic heterocycles. The average Bonchev–Trinajstić information content (AvgIpc) is 2.19. The maximum absolute atomic E-state index is 4.73. The topological polar surface area (TPSA) is 9.23 Å². The zero-order chi connectivity index (χ0) is 5.82. The van der Waals surface area contributed by atoms with E-state index >= 15 is 0 Å². The molecule has 1 rings (SSSR count). The van der Waals surface area contributed by atoms with Crippen molar-refractivity contribution in [2.45, 2.75) is 0 Å². The molecule has 0 saturated heterocycles. The summed E-state index contributed by atoms with van der Waals surface area (Å²) in [6, 6.07) is 4.06. The Kier molecular flexibility index (Phi) is 2.48. The van der Waals surface area contributed by atoms with Crippen molar-refractivity contribution in [3.63, 3.8) is 0 Å². The van der Waals surface area contributed by atoms with Gasteiger partial charge in [0.2, 0.25) is 10.5 Å². The van der Waals surface area contributed by atoms with Crippen LogP contribution in [0.15, 0.2) is 17.5 Å². The summed E-state index contributed by atoms with van der Waals surface area (Å²) in [5.41, 5.74) is 0. The molecule has 0 fully saturated rings. The quantitative estimate of drug-likeness (QED) is 0.550. The van der Waals surface area contributed by atoms with E-state index in [9.17, 15) is 0 Å². The maximum atomic E-state index is 4.73. The first-order valence-corrected chi connectivity index (χ1v) is 4.25. The molecule has 0 aliphatic rings. The number of hydrogen-bond donors (Lipinski definition) is 0. The average molecular weight is 155 g/mol. The number of thiophene rings is 1. The van der Waals surface area contributed by atoms with Crippen LogP contribution < -0.4 is 4.50 Å². The van der Waals surface area contributed by atoms with Gasteiger partial charge in [0.15, 0.2) is 0 Å². The van der Waals surface area contributed by atoms with E-state index in [2.05, 4.69) is 10.5 Å². The van der Waals surface area contributed by atoms with Crippen molar-refractivity contribution in [1.29, 1.82) is 0 Å². The van der Waals surface area contributed by atoms with Crippen molar-refractivity contribution in [2.75, 3.05) is 0 Å². The lowest BCUT2D eigenvalue weighted by molar-refractivity contribution is 0.677. The van der Waals surface area contributed by atoms with Crippen molar-refractivity contribution in [1.82, 2.24) is 0 Å². The lowest BCUT2D eigenvalue weighted by Gasteiger charge is -1.85. The summed E-state index contributed by atoms with van der Waals surface area (Å²) >= 11 is 1.70. The maximum Gasteiger partial charge on any atom is 0.267 e. The Morgan fingerprint density at radius 1 is 1.75 bits per heavy atom. The van der Waals surface area contributed by atoms with Gasteiger partial charge in [0.25, 0.3) is 9.76 Å². The minimum atomic E-state index is 0.444. The van der Waals surface area contributed by atoms with Crippen LogP contribution in [0.2, 0.25) is 0 Å². The van der Waals surface area contributed by atoms with Gasteiger partial charge in [-0.25, -0.2) is 0 Å². The summed E-state index contributed by atoms with van der Waals surface area (Å²) < 4.78 is 5.99. The second-order valence-electron chi connectivity index (χ2n) is 1.18. The van der Waals surface area contributed by atoms with Crippen LogP contribution in [0.3, 0.4) is 0 Å². The van der Waals surface area contributed by atoms with Crippen LogP contribution in [0.4, 0.5) is 0 Å². The molecule has 0 atom stereocenters. The van der Waals surface area contributed by atoms with E-state index in [-0.39, 0.29) is 0 Å². The van der Waals surface area contributed by atoms with Crippen LogP contribution in [0.5, 0.6) is 0 Å². The molecule has 4 heteroatoms. The monoisotopic (exact) mass is 155 g/mol. The van der Waals surface area contributed by atoms with Crippen LogP contribution in [0.1, 0.15) is 0 Å². The van der Waals surface area contributed by atoms with Gasteiger partial charge in [-0.15, -0.1) is 0 Å². The Morgan fingerprint density at radius 2 is 2.62 bits per heavy atom. The molecule has 1 heterocycles. The van der Waals surface area contributed by atoms with E-state index in [1.54, 1.807) is 11.3 Å². The molecule has 8 heavy (non-hydrogen) atoms. The largest absolute Gasteiger partial charge is 0.454 e. The third kappa shape index (κ3) is 1.55. The van der Waals surface area contributed by atoms with Gasteiger partial charge in [-0.3, -0.25) is 0 Å². The van der Waals surface area contributed by atoms with Gasteiger partial charge in [0, 0.05) is 4.50 Å². The van der Waals surface area contributed by atoms with Crippen LogP contribution >= 0.6 is 11.3 Å². The molecule has 0 spiro atoms. The highest BCUT2D eigenvalue weighted by Crippen LogP contribution is 1.90. The molecular formula is C4H3OSSi2. The Hall–Kier alpha value is 0.0938. The number of rotatable bonds is 2. The standard InChI is InChI=1S/C4H3OSSi2/c7-5-8-4-2-1-3-6-4/h1-3H. The number of hydrogen-bond acceptors (Lipinski definition) is 2. The summed E-state index contributed by atoms with van der Waals surface area (Å²) in [4.78, 5) is 0. The van der Waals surface area contributed by atoms with Gasteiger partial charge in [-0.05, 0) is 5.38 Å². The van der Waals surface area contributed by atoms with Crippen LogP contribution in [-0.2, 0) is 4.12 Å². The van der Waals surface area contributed by atoms with E-state index in [0.29, 0.717) is 9.76 Å². The SMILES string of the molecule is [Si]O[Si]c1cccs1. The Labute approximate surface area is 58.2 Å². The highest BCUT2D eigenvalue weighted by atomic mass is 32.1. The molecule has 0 amide bonds. The Morgan fingerprint density at radius 3 is 3.12 bits per heavy atom. The lowest BCUT2D eigenvalue weighted by Crippen LogP contribution is -2.10. The summed E-state index contributed by atoms with van der Waals surface area (Å²) in [5.74, 6) is 0. The molecular weight excluding hydrogens is 152 g/mol. The van der Waals surface area contributed by atoms with Crippen LogP contribution in [0.25, 0.3) is 0 Å². The molecule has 0 saturated carbocycles. The molecule has 0 aliphatic heterocycles. The zero-order valence-electron chi connectivity index (χ0n) is 4.05. The van der Waals surface area contributed by atoms with E-state index in [4.69, 9.17) is 4.12 Å². The van der Waals surface area contributed by atoms with Crippen LogP contribution in [0, 0.1) is 0 Å². The minimum Gasteiger partial charge on any atom is -0.454 e. The van der Waals surface area contributed by atoms with Crippen molar-refractivity contribution in [3.8, 4) is 0 Å². The summed E-state index contributed by atoms with van der Waals surface area (Å²) in [6.45, 7) is 0. The second-order valence-corrected chi connectivity index (χ2v) is 4.05. The van der Waals surface area contributed by atoms with E-state index in [1.807, 2.05) is 17.5 Å². The zero-order valence-corrected chi connectivity index (χ0v) is 6.87. The van der Waals surface area contributed by atoms with Gasteiger partial charge >= 0.3 is 0 Å². The van der Waals surface area contributed by atoms with Gasteiger partial charge in [-0.1, -0.05) is 12.1 Å². The van der Waals surface area contributed by atoms with Crippen molar-refractivity contribution in [2.24, 2.45) is 0 Å². The van der Waals surface area contributed by atoms with Crippen LogP contribution in [-0.4, -0.2) is 20.2 Å². The smallest absolute Gasteiger partial charge is 0.267 e. The molecule has 1 nitrogen and oxygen atoms in total. The van der Waals surface area contributed by atoms with Gasteiger partial charge in [0.05, 0.1) is 0 Å². The predicted molar refractivity (Wildman–Crippen MR) is 36.5 cm³/mol. The van der Waals surface area contributed by atoms with Crippen molar-refractivity contribution >= 4 is 36.1 Å². The predicted octanol–water partition coefficient (Wildman–Crippen LogP) is 0.0927. The van der Waals surface area contributed by atoms with Crippen molar-refractivity contribution in [3.05, 3.63) is 17.5 Å². The molecule has 0 bridgehead atoms. The molecule has 5 radical (unpaired) electrons. The Bertz CT molecular complexity index is 140. The van der Waals surface area contributed by atoms with E-state index in [1.165, 1.54) is 4.50 Å². The van der Waals surface area contributed by atoms with Crippen molar-refractivity contribution < 1.29 is 4.12 Å². The summed E-state index contributed by atoms with van der Waals surface area (Å²) in [6.07, 6.45) is 0. The molecule has 0 aromatic carbocycles. The fraction of sp³-hybridized carbons (Fsp3) is 0. The van der Waals surface area contributed by atoms with Gasteiger partial charge < -0.3 is 4.12 Å². The molecule has 0 unspecified atom stereocenters. The minimum absolute atomic E-state index is 0.444. The Balaban J connectivity index is 2.50. The summed E-state index contributed by atoms with van der Waals surface area (Å²) in [5, 5.41) is 2.04. The normalized spacial score (nSPS) is 9.62. The highest BCUT2D eigenvalue weighted by molar-refractivity contribution is 7.19. The second kappa shape index (κ2) is 3.19. The fourth-order valence-corrected chi connectivity index (χ4v) is 2.19. The molecule has 39 valence electrons. The lowest BCUT2D eigenvalue weighted by atomic mass is 10.7. The van der Waals surface area contributed by atoms with E-state index in [0.717, 1.165) is 0 Å². The molecule has 0 aliphatic carbocycles. The van der Waals surface area contributed by atoms with Gasteiger partial charge in [-0.2, -0.15) is 11.3 Å². The molecule has 1 aromatic rings. The first-order valence-electron chi connectivity index (χ1n) is 2.05. The summed E-state index contributed by atoms with van der Waals surface area (Å²) in [7, 11) is 3.38. The fourth-order valence-electron chi connectivity index (χ4n) is 0.387. The first-order chi connectivity index (χ1) is 3.93. The highest BCUT2D eigenvalue weighted by Gasteiger charge is 1.91. The molecule has 0 N–H and O–H groups in total. The third-order valence-corrected chi connectivity index (χ3v) is 2.74. The van der Waals surface area contributed by atoms with E-state index < -0.39 is 0 Å².